The zero-order valence-corrected chi connectivity index (χ0v) is 20.7. The van der Waals surface area contributed by atoms with Gasteiger partial charge in [0.05, 0.1) is 12.1 Å². The number of furan rings is 1. The van der Waals surface area contributed by atoms with E-state index in [4.69, 9.17) is 9.40 Å². The summed E-state index contributed by atoms with van der Waals surface area (Å²) in [6.45, 7) is 7.00. The van der Waals surface area contributed by atoms with Crippen LogP contribution in [0.15, 0.2) is 58.5 Å². The molecule has 0 unspecified atom stereocenters. The third-order valence-corrected chi connectivity index (χ3v) is 6.56. The van der Waals surface area contributed by atoms with Crippen molar-refractivity contribution in [3.8, 4) is 16.5 Å². The van der Waals surface area contributed by atoms with Crippen LogP contribution in [0.3, 0.4) is 0 Å². The lowest BCUT2D eigenvalue weighted by atomic mass is 9.93. The number of aromatic hydroxyl groups is 1. The highest BCUT2D eigenvalue weighted by atomic mass is 35.5. The van der Waals surface area contributed by atoms with Crippen molar-refractivity contribution in [2.24, 2.45) is 0 Å². The van der Waals surface area contributed by atoms with Gasteiger partial charge in [0.15, 0.2) is 10.8 Å². The average molecular weight is 497 g/mol. The van der Waals surface area contributed by atoms with Crippen LogP contribution in [0.25, 0.3) is 32.6 Å². The summed E-state index contributed by atoms with van der Waals surface area (Å²) in [7, 11) is 0. The molecular formula is C26H25ClN2O4S. The maximum atomic E-state index is 11.3. The van der Waals surface area contributed by atoms with Gasteiger partial charge in [0.2, 0.25) is 0 Å². The smallest absolute Gasteiger partial charge is 0.307 e. The van der Waals surface area contributed by atoms with Crippen LogP contribution in [0.5, 0.6) is 5.75 Å². The summed E-state index contributed by atoms with van der Waals surface area (Å²) in [4.78, 5) is 16.1. The van der Waals surface area contributed by atoms with Crippen LogP contribution in [0.4, 0.5) is 0 Å². The number of thiazole rings is 1. The fraction of sp³-hybridized carbons (Fsp3) is 0.231. The van der Waals surface area contributed by atoms with E-state index in [0.717, 1.165) is 43.9 Å². The molecule has 3 heterocycles. The molecule has 0 spiro atoms. The van der Waals surface area contributed by atoms with Gasteiger partial charge in [0.1, 0.15) is 11.3 Å². The summed E-state index contributed by atoms with van der Waals surface area (Å²) in [5.74, 6) is -0.0223. The predicted molar refractivity (Wildman–Crippen MR) is 137 cm³/mol. The zero-order chi connectivity index (χ0) is 23.3. The fourth-order valence-corrected chi connectivity index (χ4v) is 5.02. The van der Waals surface area contributed by atoms with Gasteiger partial charge in [-0.2, -0.15) is 0 Å². The normalized spacial score (nSPS) is 11.7. The maximum Gasteiger partial charge on any atom is 0.307 e. The number of benzene rings is 2. The summed E-state index contributed by atoms with van der Waals surface area (Å²) in [5.41, 5.74) is 4.47. The van der Waals surface area contributed by atoms with E-state index in [2.05, 4.69) is 32.2 Å². The minimum absolute atomic E-state index is 0. The molecule has 0 radical (unpaired) electrons. The van der Waals surface area contributed by atoms with Crippen LogP contribution in [0.2, 0.25) is 0 Å². The number of nitrogens with zero attached hydrogens (tertiary/aromatic N) is 2. The Labute approximate surface area is 206 Å². The number of hydrogen-bond donors (Lipinski definition) is 2. The second kappa shape index (κ2) is 8.81. The predicted octanol–water partition coefficient (Wildman–Crippen LogP) is 6.61. The number of carbonyl (C=O) groups is 1. The molecule has 2 aromatic carbocycles. The van der Waals surface area contributed by atoms with Gasteiger partial charge in [-0.15, -0.1) is 23.7 Å². The molecule has 0 saturated heterocycles. The Kier molecular flexibility index (Phi) is 6.18. The quantitative estimate of drug-likeness (QED) is 0.286. The maximum absolute atomic E-state index is 11.3. The Morgan fingerprint density at radius 3 is 2.65 bits per heavy atom. The topological polar surface area (TPSA) is 88.5 Å². The third kappa shape index (κ3) is 4.54. The lowest BCUT2D eigenvalue weighted by molar-refractivity contribution is -0.136. The van der Waals surface area contributed by atoms with Gasteiger partial charge in [-0.25, -0.2) is 4.98 Å². The van der Waals surface area contributed by atoms with Crippen LogP contribution in [0, 0.1) is 0 Å². The Bertz CT molecular complexity index is 1510. The Morgan fingerprint density at radius 1 is 1.15 bits per heavy atom. The lowest BCUT2D eigenvalue weighted by Gasteiger charge is -2.13. The molecule has 5 aromatic rings. The fourth-order valence-electron chi connectivity index (χ4n) is 4.02. The summed E-state index contributed by atoms with van der Waals surface area (Å²) in [6, 6.07) is 13.1. The van der Waals surface area contributed by atoms with Crippen LogP contribution in [-0.4, -0.2) is 25.7 Å². The molecule has 0 aliphatic carbocycles. The van der Waals surface area contributed by atoms with Crippen molar-refractivity contribution < 1.29 is 19.4 Å². The summed E-state index contributed by atoms with van der Waals surface area (Å²) < 4.78 is 8.08. The zero-order valence-electron chi connectivity index (χ0n) is 19.0. The molecule has 0 fully saturated rings. The molecule has 0 atom stereocenters. The van der Waals surface area contributed by atoms with E-state index in [-0.39, 0.29) is 30.0 Å². The van der Waals surface area contributed by atoms with Crippen LogP contribution in [0.1, 0.15) is 37.6 Å². The second-order valence-electron chi connectivity index (χ2n) is 9.32. The van der Waals surface area contributed by atoms with Gasteiger partial charge in [-0.1, -0.05) is 26.8 Å². The minimum atomic E-state index is -0.901. The van der Waals surface area contributed by atoms with E-state index in [1.54, 1.807) is 23.5 Å². The van der Waals surface area contributed by atoms with E-state index in [1.165, 1.54) is 0 Å². The third-order valence-electron chi connectivity index (χ3n) is 5.71. The molecular weight excluding hydrogens is 472 g/mol. The molecule has 0 saturated carbocycles. The van der Waals surface area contributed by atoms with E-state index < -0.39 is 5.97 Å². The van der Waals surface area contributed by atoms with Gasteiger partial charge in [-0.3, -0.25) is 4.79 Å². The number of halogens is 1. The van der Waals surface area contributed by atoms with Crippen molar-refractivity contribution in [1.82, 2.24) is 9.55 Å². The standard InChI is InChI=1S/C26H24N2O4S.ClH/c1-26(2,3)23-14-33-25(27-23)22-9-16-8-15(4-7-21(16)32-22)12-28-13-17(10-24(30)31)19-11-18(29)5-6-20(19)28;/h4-9,11,13-14,29H,10,12H2,1-3H3,(H,30,31);1H. The molecule has 0 bridgehead atoms. The molecule has 2 N–H and O–H groups in total. The highest BCUT2D eigenvalue weighted by Gasteiger charge is 2.19. The van der Waals surface area contributed by atoms with E-state index in [1.807, 2.05) is 35.0 Å². The number of phenols is 1. The SMILES string of the molecule is CC(C)(C)c1csc(-c2cc3cc(Cn4cc(CC(=O)O)c5cc(O)ccc54)ccc3o2)n1.Cl. The Balaban J connectivity index is 0.00000274. The van der Waals surface area contributed by atoms with Crippen molar-refractivity contribution in [2.75, 3.05) is 0 Å². The van der Waals surface area contributed by atoms with Crippen LogP contribution >= 0.6 is 23.7 Å². The van der Waals surface area contributed by atoms with Crippen LogP contribution in [-0.2, 0) is 23.2 Å². The highest BCUT2D eigenvalue weighted by Crippen LogP contribution is 2.34. The van der Waals surface area contributed by atoms with Gasteiger partial charge in [0, 0.05) is 39.8 Å². The first-order valence-electron chi connectivity index (χ1n) is 10.7. The lowest BCUT2D eigenvalue weighted by Crippen LogP contribution is -2.11. The number of phenolic OH excluding ortho intramolecular Hbond substituents is 1. The molecule has 34 heavy (non-hydrogen) atoms. The highest BCUT2D eigenvalue weighted by molar-refractivity contribution is 7.13. The van der Waals surface area contributed by atoms with E-state index >= 15 is 0 Å². The van der Waals surface area contributed by atoms with Crippen molar-refractivity contribution in [3.05, 3.63) is 70.9 Å². The average Bonchev–Trinajstić information content (AvgIpc) is 3.45. The number of aliphatic carboxylic acids is 1. The number of carboxylic acids is 1. The molecule has 176 valence electrons. The van der Waals surface area contributed by atoms with E-state index in [9.17, 15) is 15.0 Å². The Morgan fingerprint density at radius 2 is 1.94 bits per heavy atom. The van der Waals surface area contributed by atoms with Crippen molar-refractivity contribution in [1.29, 1.82) is 0 Å². The largest absolute Gasteiger partial charge is 0.508 e. The van der Waals surface area contributed by atoms with Gasteiger partial charge < -0.3 is 19.2 Å². The Hall–Kier alpha value is -3.29. The molecule has 5 rings (SSSR count). The van der Waals surface area contributed by atoms with Crippen molar-refractivity contribution >= 4 is 51.6 Å². The molecule has 3 aromatic heterocycles. The number of aromatic nitrogens is 2. The summed E-state index contributed by atoms with van der Waals surface area (Å²) in [5, 5.41) is 23.8. The van der Waals surface area contributed by atoms with Gasteiger partial charge in [-0.05, 0) is 47.5 Å². The molecule has 0 aliphatic heterocycles. The van der Waals surface area contributed by atoms with Gasteiger partial charge in [0.25, 0.3) is 0 Å². The monoisotopic (exact) mass is 496 g/mol. The number of fused-ring (bicyclic) bond motifs is 2. The van der Waals surface area contributed by atoms with Crippen molar-refractivity contribution in [2.45, 2.75) is 39.2 Å². The number of hydrogen-bond acceptors (Lipinski definition) is 5. The van der Waals surface area contributed by atoms with Crippen molar-refractivity contribution in [3.63, 3.8) is 0 Å². The minimum Gasteiger partial charge on any atom is -0.508 e. The molecule has 8 heteroatoms. The first-order chi connectivity index (χ1) is 15.7. The first-order valence-corrected chi connectivity index (χ1v) is 11.6. The molecule has 0 aliphatic rings. The number of carboxylic acid groups (broad SMARTS) is 1. The summed E-state index contributed by atoms with van der Waals surface area (Å²) >= 11 is 1.58. The van der Waals surface area contributed by atoms with E-state index in [0.29, 0.717) is 12.1 Å². The molecule has 0 amide bonds. The van der Waals surface area contributed by atoms with Gasteiger partial charge >= 0.3 is 5.97 Å². The number of rotatable bonds is 5. The first kappa shape index (κ1) is 23.9. The molecule has 6 nitrogen and oxygen atoms in total. The van der Waals surface area contributed by atoms with Crippen LogP contribution < -0.4 is 0 Å². The summed E-state index contributed by atoms with van der Waals surface area (Å²) in [6.07, 6.45) is 1.76. The second-order valence-corrected chi connectivity index (χ2v) is 10.2.